The summed E-state index contributed by atoms with van der Waals surface area (Å²) >= 11 is 5.72. The molecule has 1 heterocycles. The minimum Gasteiger partial charge on any atom is -0.322 e. The predicted octanol–water partition coefficient (Wildman–Crippen LogP) is 3.30. The second kappa shape index (κ2) is 4.97. The number of anilines is 1. The maximum Gasteiger partial charge on any atom is 0.255 e. The Morgan fingerprint density at radius 1 is 1.24 bits per heavy atom. The van der Waals surface area contributed by atoms with Gasteiger partial charge >= 0.3 is 0 Å². The molecule has 0 bridgehead atoms. The molecule has 2 rings (SSSR count). The number of amides is 1. The van der Waals surface area contributed by atoms with E-state index in [9.17, 15) is 4.79 Å². The Morgan fingerprint density at radius 2 is 1.94 bits per heavy atom. The number of benzene rings is 1. The molecule has 1 N–H and O–H groups in total. The molecule has 0 aliphatic rings. The van der Waals surface area contributed by atoms with Crippen molar-refractivity contribution >= 4 is 23.2 Å². The standard InChI is InChI=1S/C13H11ClN2O/c1-9-2-4-11(5-3-9)16-13(17)10-6-7-15-12(14)8-10/h2-8H,1H3,(H,16,17). The SMILES string of the molecule is Cc1ccc(NC(=O)c2ccnc(Cl)c2)cc1. The van der Waals surface area contributed by atoms with Crippen LogP contribution in [0.25, 0.3) is 0 Å². The molecular formula is C13H11ClN2O. The minimum absolute atomic E-state index is 0.196. The van der Waals surface area contributed by atoms with E-state index in [4.69, 9.17) is 11.6 Å². The summed E-state index contributed by atoms with van der Waals surface area (Å²) in [5.41, 5.74) is 2.40. The molecular weight excluding hydrogens is 236 g/mol. The molecule has 0 radical (unpaired) electrons. The third-order valence-electron chi connectivity index (χ3n) is 2.30. The summed E-state index contributed by atoms with van der Waals surface area (Å²) in [5, 5.41) is 3.09. The summed E-state index contributed by atoms with van der Waals surface area (Å²) in [7, 11) is 0. The van der Waals surface area contributed by atoms with Crippen LogP contribution in [0.1, 0.15) is 15.9 Å². The molecule has 0 aliphatic carbocycles. The van der Waals surface area contributed by atoms with Crippen LogP contribution in [0.15, 0.2) is 42.6 Å². The van der Waals surface area contributed by atoms with Gasteiger partial charge in [-0.3, -0.25) is 4.79 Å². The molecule has 0 aliphatic heterocycles. The zero-order valence-electron chi connectivity index (χ0n) is 9.27. The average molecular weight is 247 g/mol. The number of hydrogen-bond acceptors (Lipinski definition) is 2. The quantitative estimate of drug-likeness (QED) is 0.826. The van der Waals surface area contributed by atoms with Crippen LogP contribution in [0.5, 0.6) is 0 Å². The number of halogens is 1. The summed E-state index contributed by atoms with van der Waals surface area (Å²) in [4.78, 5) is 15.7. The van der Waals surface area contributed by atoms with Crippen LogP contribution in [-0.2, 0) is 0 Å². The first kappa shape index (κ1) is 11.6. The van der Waals surface area contributed by atoms with Gasteiger partial charge in [-0.25, -0.2) is 4.98 Å². The maximum atomic E-state index is 11.9. The van der Waals surface area contributed by atoms with Gasteiger partial charge in [0.25, 0.3) is 5.91 Å². The van der Waals surface area contributed by atoms with E-state index in [1.54, 1.807) is 6.07 Å². The van der Waals surface area contributed by atoms with Crippen molar-refractivity contribution in [2.45, 2.75) is 6.92 Å². The van der Waals surface area contributed by atoms with E-state index >= 15 is 0 Å². The highest BCUT2D eigenvalue weighted by Gasteiger charge is 2.06. The Kier molecular flexibility index (Phi) is 3.40. The monoisotopic (exact) mass is 246 g/mol. The molecule has 2 aromatic rings. The van der Waals surface area contributed by atoms with E-state index < -0.39 is 0 Å². The average Bonchev–Trinajstić information content (AvgIpc) is 2.32. The molecule has 0 atom stereocenters. The molecule has 1 amide bonds. The minimum atomic E-state index is -0.196. The third kappa shape index (κ3) is 3.04. The van der Waals surface area contributed by atoms with Gasteiger partial charge in [-0.05, 0) is 31.2 Å². The van der Waals surface area contributed by atoms with E-state index in [1.165, 1.54) is 12.3 Å². The Labute approximate surface area is 104 Å². The Hall–Kier alpha value is -1.87. The molecule has 4 heteroatoms. The molecule has 17 heavy (non-hydrogen) atoms. The molecule has 0 unspecified atom stereocenters. The number of rotatable bonds is 2. The van der Waals surface area contributed by atoms with Crippen molar-refractivity contribution < 1.29 is 4.79 Å². The highest BCUT2D eigenvalue weighted by atomic mass is 35.5. The van der Waals surface area contributed by atoms with Crippen molar-refractivity contribution in [1.82, 2.24) is 4.98 Å². The van der Waals surface area contributed by atoms with E-state index in [0.717, 1.165) is 11.3 Å². The lowest BCUT2D eigenvalue weighted by Gasteiger charge is -2.05. The second-order valence-corrected chi connectivity index (χ2v) is 4.07. The van der Waals surface area contributed by atoms with Crippen molar-refractivity contribution in [3.63, 3.8) is 0 Å². The highest BCUT2D eigenvalue weighted by molar-refractivity contribution is 6.29. The molecule has 3 nitrogen and oxygen atoms in total. The van der Waals surface area contributed by atoms with Crippen molar-refractivity contribution in [2.24, 2.45) is 0 Å². The number of hydrogen-bond donors (Lipinski definition) is 1. The number of carbonyl (C=O) groups excluding carboxylic acids is 1. The molecule has 0 fully saturated rings. The molecule has 0 saturated carbocycles. The first-order valence-corrected chi connectivity index (χ1v) is 5.52. The van der Waals surface area contributed by atoms with E-state index in [0.29, 0.717) is 10.7 Å². The Balaban J connectivity index is 2.14. The predicted molar refractivity (Wildman–Crippen MR) is 68.4 cm³/mol. The first-order chi connectivity index (χ1) is 8.15. The van der Waals surface area contributed by atoms with Crippen molar-refractivity contribution in [3.8, 4) is 0 Å². The van der Waals surface area contributed by atoms with Gasteiger partial charge < -0.3 is 5.32 Å². The summed E-state index contributed by atoms with van der Waals surface area (Å²) in [6.07, 6.45) is 1.51. The molecule has 1 aromatic carbocycles. The normalized spacial score (nSPS) is 10.0. The summed E-state index contributed by atoms with van der Waals surface area (Å²) in [5.74, 6) is -0.196. The van der Waals surface area contributed by atoms with Crippen LogP contribution in [0, 0.1) is 6.92 Å². The molecule has 0 spiro atoms. The van der Waals surface area contributed by atoms with Crippen LogP contribution in [0.4, 0.5) is 5.69 Å². The third-order valence-corrected chi connectivity index (χ3v) is 2.50. The van der Waals surface area contributed by atoms with Crippen LogP contribution in [0.3, 0.4) is 0 Å². The Morgan fingerprint density at radius 3 is 2.59 bits per heavy atom. The highest BCUT2D eigenvalue weighted by Crippen LogP contribution is 2.12. The second-order valence-electron chi connectivity index (χ2n) is 3.69. The topological polar surface area (TPSA) is 42.0 Å². The van der Waals surface area contributed by atoms with E-state index in [1.807, 2.05) is 31.2 Å². The van der Waals surface area contributed by atoms with Crippen LogP contribution in [0.2, 0.25) is 5.15 Å². The lowest BCUT2D eigenvalue weighted by molar-refractivity contribution is 0.102. The van der Waals surface area contributed by atoms with Gasteiger partial charge in [0.05, 0.1) is 0 Å². The van der Waals surface area contributed by atoms with Crippen molar-refractivity contribution in [2.75, 3.05) is 5.32 Å². The summed E-state index contributed by atoms with van der Waals surface area (Å²) in [6.45, 7) is 1.99. The molecule has 1 aromatic heterocycles. The van der Waals surface area contributed by atoms with Gasteiger partial charge in [0.2, 0.25) is 0 Å². The zero-order chi connectivity index (χ0) is 12.3. The molecule has 0 saturated heterocycles. The number of nitrogens with one attached hydrogen (secondary N) is 1. The van der Waals surface area contributed by atoms with Crippen LogP contribution in [-0.4, -0.2) is 10.9 Å². The van der Waals surface area contributed by atoms with E-state index in [2.05, 4.69) is 10.3 Å². The van der Waals surface area contributed by atoms with Gasteiger partial charge in [-0.15, -0.1) is 0 Å². The smallest absolute Gasteiger partial charge is 0.255 e. The lowest BCUT2D eigenvalue weighted by atomic mass is 10.2. The first-order valence-electron chi connectivity index (χ1n) is 5.15. The fourth-order valence-electron chi connectivity index (χ4n) is 1.38. The summed E-state index contributed by atoms with van der Waals surface area (Å²) < 4.78 is 0. The van der Waals surface area contributed by atoms with Gasteiger partial charge in [0.15, 0.2) is 0 Å². The van der Waals surface area contributed by atoms with Crippen molar-refractivity contribution in [1.29, 1.82) is 0 Å². The Bertz CT molecular complexity index is 537. The molecule has 86 valence electrons. The summed E-state index contributed by atoms with van der Waals surface area (Å²) in [6, 6.07) is 10.7. The van der Waals surface area contributed by atoms with Crippen LogP contribution >= 0.6 is 11.6 Å². The number of aromatic nitrogens is 1. The number of nitrogens with zero attached hydrogens (tertiary/aromatic N) is 1. The number of carbonyl (C=O) groups is 1. The lowest BCUT2D eigenvalue weighted by Crippen LogP contribution is -2.11. The van der Waals surface area contributed by atoms with Gasteiger partial charge in [0, 0.05) is 17.4 Å². The fourth-order valence-corrected chi connectivity index (χ4v) is 1.56. The van der Waals surface area contributed by atoms with Gasteiger partial charge in [-0.2, -0.15) is 0 Å². The zero-order valence-corrected chi connectivity index (χ0v) is 10.0. The fraction of sp³-hybridized carbons (Fsp3) is 0.0769. The van der Waals surface area contributed by atoms with Gasteiger partial charge in [0.1, 0.15) is 5.15 Å². The number of aryl methyl sites for hydroxylation is 1. The van der Waals surface area contributed by atoms with Crippen LogP contribution < -0.4 is 5.32 Å². The van der Waals surface area contributed by atoms with Gasteiger partial charge in [-0.1, -0.05) is 29.3 Å². The largest absolute Gasteiger partial charge is 0.322 e. The van der Waals surface area contributed by atoms with E-state index in [-0.39, 0.29) is 5.91 Å². The van der Waals surface area contributed by atoms with Crippen molar-refractivity contribution in [3.05, 3.63) is 58.9 Å². The maximum absolute atomic E-state index is 11.9. The number of pyridine rings is 1.